The van der Waals surface area contributed by atoms with E-state index >= 15 is 0 Å². The monoisotopic (exact) mass is 308 g/mol. The minimum atomic E-state index is -1.53. The first-order valence-corrected chi connectivity index (χ1v) is 7.39. The molecule has 7 heteroatoms. The number of anilines is 1. The summed E-state index contributed by atoms with van der Waals surface area (Å²) in [7, 11) is -1.53. The summed E-state index contributed by atoms with van der Waals surface area (Å²) >= 11 is 0. The number of rotatable bonds is 4. The van der Waals surface area contributed by atoms with E-state index in [9.17, 15) is 18.7 Å². The molecule has 0 amide bonds. The molecule has 110 valence electrons. The standard InChI is InChI=1S/C14H13FN2O3S/c1-9-11(16)5-3-7-13(9)21(20)8-10-4-2-6-12(14(10)15)17(18)19/h2-7H,8,16H2,1H3. The predicted octanol–water partition coefficient (Wildman–Crippen LogP) is 2.93. The fourth-order valence-corrected chi connectivity index (χ4v) is 3.27. The lowest BCUT2D eigenvalue weighted by Gasteiger charge is -2.09. The van der Waals surface area contributed by atoms with Crippen molar-refractivity contribution in [1.82, 2.24) is 0 Å². The van der Waals surface area contributed by atoms with Gasteiger partial charge in [0.2, 0.25) is 5.82 Å². The highest BCUT2D eigenvalue weighted by molar-refractivity contribution is 7.84. The van der Waals surface area contributed by atoms with Crippen LogP contribution in [0.3, 0.4) is 0 Å². The number of hydrogen-bond acceptors (Lipinski definition) is 4. The van der Waals surface area contributed by atoms with Gasteiger partial charge in [0, 0.05) is 22.2 Å². The van der Waals surface area contributed by atoms with Gasteiger partial charge < -0.3 is 5.73 Å². The molecule has 2 aromatic carbocycles. The fourth-order valence-electron chi connectivity index (χ4n) is 1.92. The molecular formula is C14H13FN2O3S. The second-order valence-electron chi connectivity index (χ2n) is 4.47. The van der Waals surface area contributed by atoms with Crippen molar-refractivity contribution in [3.63, 3.8) is 0 Å². The number of nitrogen functional groups attached to an aromatic ring is 1. The molecule has 0 aliphatic carbocycles. The minimum Gasteiger partial charge on any atom is -0.398 e. The predicted molar refractivity (Wildman–Crippen MR) is 78.8 cm³/mol. The van der Waals surface area contributed by atoms with Crippen LogP contribution >= 0.6 is 0 Å². The summed E-state index contributed by atoms with van der Waals surface area (Å²) in [6.07, 6.45) is 0. The van der Waals surface area contributed by atoms with Crippen LogP contribution in [0.5, 0.6) is 0 Å². The SMILES string of the molecule is Cc1c(N)cccc1S(=O)Cc1cccc([N+](=O)[O-])c1F. The maximum atomic E-state index is 14.0. The van der Waals surface area contributed by atoms with Crippen LogP contribution in [0.15, 0.2) is 41.3 Å². The molecule has 0 aliphatic rings. The molecule has 0 spiro atoms. The summed E-state index contributed by atoms with van der Waals surface area (Å²) in [6, 6.07) is 8.84. The largest absolute Gasteiger partial charge is 0.398 e. The van der Waals surface area contributed by atoms with Crippen molar-refractivity contribution in [2.24, 2.45) is 0 Å². The van der Waals surface area contributed by atoms with Gasteiger partial charge in [-0.05, 0) is 24.6 Å². The highest BCUT2D eigenvalue weighted by Crippen LogP contribution is 2.25. The highest BCUT2D eigenvalue weighted by atomic mass is 32.2. The molecule has 0 fully saturated rings. The Labute approximate surface area is 123 Å². The summed E-state index contributed by atoms with van der Waals surface area (Å²) < 4.78 is 26.3. The van der Waals surface area contributed by atoms with Crippen molar-refractivity contribution < 1.29 is 13.5 Å². The molecule has 1 unspecified atom stereocenters. The maximum Gasteiger partial charge on any atom is 0.305 e. The summed E-state index contributed by atoms with van der Waals surface area (Å²) in [5.74, 6) is -1.09. The lowest BCUT2D eigenvalue weighted by atomic mass is 10.2. The second-order valence-corrected chi connectivity index (χ2v) is 5.89. The van der Waals surface area contributed by atoms with Crippen LogP contribution in [-0.4, -0.2) is 9.13 Å². The third-order valence-corrected chi connectivity index (χ3v) is 4.62. The van der Waals surface area contributed by atoms with E-state index in [0.29, 0.717) is 16.1 Å². The zero-order chi connectivity index (χ0) is 15.6. The number of nitrogens with zero attached hydrogens (tertiary/aromatic N) is 1. The molecule has 2 N–H and O–H groups in total. The average Bonchev–Trinajstić information content (AvgIpc) is 2.43. The van der Waals surface area contributed by atoms with Crippen molar-refractivity contribution in [3.8, 4) is 0 Å². The molecular weight excluding hydrogens is 295 g/mol. The fraction of sp³-hybridized carbons (Fsp3) is 0.143. The van der Waals surface area contributed by atoms with Gasteiger partial charge in [-0.25, -0.2) is 0 Å². The molecule has 0 heterocycles. The van der Waals surface area contributed by atoms with Gasteiger partial charge in [0.05, 0.1) is 21.5 Å². The van der Waals surface area contributed by atoms with E-state index in [1.54, 1.807) is 25.1 Å². The van der Waals surface area contributed by atoms with Gasteiger partial charge in [0.25, 0.3) is 0 Å². The van der Waals surface area contributed by atoms with Crippen molar-refractivity contribution in [3.05, 3.63) is 63.5 Å². The van der Waals surface area contributed by atoms with Gasteiger partial charge in [-0.3, -0.25) is 14.3 Å². The zero-order valence-electron chi connectivity index (χ0n) is 11.2. The number of nitro groups is 1. The number of nitrogens with two attached hydrogens (primary N) is 1. The molecule has 0 saturated heterocycles. The van der Waals surface area contributed by atoms with Crippen LogP contribution < -0.4 is 5.73 Å². The molecule has 2 rings (SSSR count). The molecule has 0 aromatic heterocycles. The van der Waals surface area contributed by atoms with E-state index in [-0.39, 0.29) is 11.3 Å². The third kappa shape index (κ3) is 3.08. The van der Waals surface area contributed by atoms with Crippen LogP contribution in [0, 0.1) is 22.9 Å². The molecule has 1 atom stereocenters. The lowest BCUT2D eigenvalue weighted by Crippen LogP contribution is -2.04. The maximum absolute atomic E-state index is 14.0. The lowest BCUT2D eigenvalue weighted by molar-refractivity contribution is -0.387. The third-order valence-electron chi connectivity index (χ3n) is 3.11. The van der Waals surface area contributed by atoms with E-state index < -0.39 is 27.2 Å². The van der Waals surface area contributed by atoms with Gasteiger partial charge in [0.1, 0.15) is 0 Å². The topological polar surface area (TPSA) is 86.2 Å². The molecule has 21 heavy (non-hydrogen) atoms. The molecule has 5 nitrogen and oxygen atoms in total. The van der Waals surface area contributed by atoms with Crippen molar-refractivity contribution in [2.75, 3.05) is 5.73 Å². The van der Waals surface area contributed by atoms with Crippen molar-refractivity contribution >= 4 is 22.2 Å². The van der Waals surface area contributed by atoms with E-state index in [4.69, 9.17) is 5.73 Å². The Morgan fingerprint density at radius 2 is 1.95 bits per heavy atom. The molecule has 0 radical (unpaired) electrons. The molecule has 2 aromatic rings. The normalized spacial score (nSPS) is 12.1. The van der Waals surface area contributed by atoms with Crippen LogP contribution in [0.2, 0.25) is 0 Å². The summed E-state index contributed by atoms with van der Waals surface area (Å²) in [4.78, 5) is 10.4. The average molecular weight is 308 g/mol. The van der Waals surface area contributed by atoms with Crippen LogP contribution in [0.4, 0.5) is 15.8 Å². The Morgan fingerprint density at radius 1 is 1.29 bits per heavy atom. The van der Waals surface area contributed by atoms with E-state index in [2.05, 4.69) is 0 Å². The van der Waals surface area contributed by atoms with E-state index in [1.165, 1.54) is 12.1 Å². The highest BCUT2D eigenvalue weighted by Gasteiger charge is 2.19. The number of hydrogen-bond donors (Lipinski definition) is 1. The Morgan fingerprint density at radius 3 is 2.62 bits per heavy atom. The van der Waals surface area contributed by atoms with Crippen molar-refractivity contribution in [1.29, 1.82) is 0 Å². The molecule has 0 bridgehead atoms. The Kier molecular flexibility index (Phi) is 4.32. The molecule has 0 saturated carbocycles. The molecule has 0 aliphatic heterocycles. The van der Waals surface area contributed by atoms with Crippen molar-refractivity contribution in [2.45, 2.75) is 17.6 Å². The first kappa shape index (κ1) is 15.1. The zero-order valence-corrected chi connectivity index (χ0v) is 12.0. The summed E-state index contributed by atoms with van der Waals surface area (Å²) in [5.41, 5.74) is 6.35. The number of nitro benzene ring substituents is 1. The van der Waals surface area contributed by atoms with Gasteiger partial charge >= 0.3 is 5.69 Å². The smallest absolute Gasteiger partial charge is 0.305 e. The van der Waals surface area contributed by atoms with Gasteiger partial charge in [0.15, 0.2) is 0 Å². The first-order valence-electron chi connectivity index (χ1n) is 6.07. The van der Waals surface area contributed by atoms with Gasteiger partial charge in [-0.15, -0.1) is 0 Å². The van der Waals surface area contributed by atoms with Crippen LogP contribution in [-0.2, 0) is 16.6 Å². The summed E-state index contributed by atoms with van der Waals surface area (Å²) in [5, 5.41) is 10.7. The minimum absolute atomic E-state index is 0.0457. The second kappa shape index (κ2) is 6.01. The number of halogens is 1. The Balaban J connectivity index is 2.34. The quantitative estimate of drug-likeness (QED) is 0.534. The van der Waals surface area contributed by atoms with Gasteiger partial charge in [-0.1, -0.05) is 18.2 Å². The van der Waals surface area contributed by atoms with Crippen LogP contribution in [0.25, 0.3) is 0 Å². The van der Waals surface area contributed by atoms with Crippen LogP contribution in [0.1, 0.15) is 11.1 Å². The van der Waals surface area contributed by atoms with E-state index in [0.717, 1.165) is 6.07 Å². The summed E-state index contributed by atoms with van der Waals surface area (Å²) in [6.45, 7) is 1.73. The van der Waals surface area contributed by atoms with Gasteiger partial charge in [-0.2, -0.15) is 4.39 Å². The Hall–Kier alpha value is -2.28. The Bertz CT molecular complexity index is 734. The van der Waals surface area contributed by atoms with E-state index in [1.807, 2.05) is 0 Å². The number of benzene rings is 2. The first-order chi connectivity index (χ1) is 9.91.